The molecule has 2 aliphatic rings. The average molecular weight is 211 g/mol. The highest BCUT2D eigenvalue weighted by molar-refractivity contribution is 4.90. The number of rotatable bonds is 3. The third kappa shape index (κ3) is 3.16. The van der Waals surface area contributed by atoms with Gasteiger partial charge in [-0.25, -0.2) is 0 Å². The van der Waals surface area contributed by atoms with Crippen LogP contribution in [-0.2, 0) is 0 Å². The molecule has 1 aliphatic heterocycles. The minimum atomic E-state index is 0.184. The fourth-order valence-electron chi connectivity index (χ4n) is 2.78. The normalized spacial score (nSPS) is 28.4. The second kappa shape index (κ2) is 4.81. The van der Waals surface area contributed by atoms with E-state index in [0.29, 0.717) is 0 Å². The van der Waals surface area contributed by atoms with Crippen molar-refractivity contribution in [2.45, 2.75) is 37.6 Å². The number of hydrogen-bond acceptors (Lipinski definition) is 3. The van der Waals surface area contributed by atoms with Gasteiger partial charge in [-0.1, -0.05) is 12.8 Å². The van der Waals surface area contributed by atoms with E-state index in [-0.39, 0.29) is 5.54 Å². The van der Waals surface area contributed by atoms with E-state index in [4.69, 9.17) is 5.73 Å². The van der Waals surface area contributed by atoms with Crippen molar-refractivity contribution in [2.24, 2.45) is 5.73 Å². The van der Waals surface area contributed by atoms with Crippen LogP contribution in [-0.4, -0.2) is 55.1 Å². The molecule has 1 heterocycles. The maximum atomic E-state index is 6.37. The molecule has 1 saturated carbocycles. The van der Waals surface area contributed by atoms with E-state index in [1.807, 2.05) is 0 Å². The first kappa shape index (κ1) is 11.4. The smallest absolute Gasteiger partial charge is 0.0166 e. The number of piperazine rings is 1. The van der Waals surface area contributed by atoms with Crippen LogP contribution in [0.5, 0.6) is 0 Å². The lowest BCUT2D eigenvalue weighted by atomic mass is 9.94. The lowest BCUT2D eigenvalue weighted by Gasteiger charge is -2.34. The second-order valence-corrected chi connectivity index (χ2v) is 5.46. The Morgan fingerprint density at radius 2 is 1.67 bits per heavy atom. The van der Waals surface area contributed by atoms with Gasteiger partial charge in [-0.15, -0.1) is 0 Å². The van der Waals surface area contributed by atoms with Crippen molar-refractivity contribution in [3.05, 3.63) is 0 Å². The zero-order valence-electron chi connectivity index (χ0n) is 10.0. The number of nitrogens with two attached hydrogens (primary N) is 1. The molecular weight excluding hydrogens is 186 g/mol. The summed E-state index contributed by atoms with van der Waals surface area (Å²) in [7, 11) is 2.21. The molecule has 2 N–H and O–H groups in total. The summed E-state index contributed by atoms with van der Waals surface area (Å²) in [5.74, 6) is 0. The molecule has 1 saturated heterocycles. The Kier molecular flexibility index (Phi) is 3.65. The molecule has 3 nitrogen and oxygen atoms in total. The largest absolute Gasteiger partial charge is 0.325 e. The predicted octanol–water partition coefficient (Wildman–Crippen LogP) is 0.895. The van der Waals surface area contributed by atoms with Crippen molar-refractivity contribution in [1.82, 2.24) is 9.80 Å². The molecule has 0 atom stereocenters. The topological polar surface area (TPSA) is 32.5 Å². The average Bonchev–Trinajstić information content (AvgIpc) is 2.65. The van der Waals surface area contributed by atoms with Crippen LogP contribution in [0.15, 0.2) is 0 Å². The molecule has 1 aliphatic carbocycles. The zero-order chi connectivity index (χ0) is 10.7. The highest BCUT2D eigenvalue weighted by Crippen LogP contribution is 2.30. The van der Waals surface area contributed by atoms with Crippen molar-refractivity contribution >= 4 is 0 Å². The van der Waals surface area contributed by atoms with Crippen LogP contribution in [0.25, 0.3) is 0 Å². The Morgan fingerprint density at radius 1 is 1.07 bits per heavy atom. The van der Waals surface area contributed by atoms with Crippen molar-refractivity contribution in [3.63, 3.8) is 0 Å². The summed E-state index contributed by atoms with van der Waals surface area (Å²) in [6.45, 7) is 6.11. The Balaban J connectivity index is 1.69. The Bertz CT molecular complexity index is 191. The van der Waals surface area contributed by atoms with Gasteiger partial charge in [0.25, 0.3) is 0 Å². The highest BCUT2D eigenvalue weighted by atomic mass is 15.2. The fourth-order valence-corrected chi connectivity index (χ4v) is 2.78. The van der Waals surface area contributed by atoms with Crippen LogP contribution in [0.1, 0.15) is 32.1 Å². The molecule has 0 spiro atoms. The molecule has 15 heavy (non-hydrogen) atoms. The molecule has 0 amide bonds. The Labute approximate surface area is 93.6 Å². The quantitative estimate of drug-likeness (QED) is 0.752. The molecule has 88 valence electrons. The van der Waals surface area contributed by atoms with Gasteiger partial charge in [0.15, 0.2) is 0 Å². The standard InChI is InChI=1S/C12H25N3/c1-14-8-10-15(11-9-14)7-6-12(13)4-2-3-5-12/h2-11,13H2,1H3. The molecule has 0 aromatic heterocycles. The van der Waals surface area contributed by atoms with Gasteiger partial charge in [-0.3, -0.25) is 0 Å². The maximum Gasteiger partial charge on any atom is 0.0166 e. The van der Waals surface area contributed by atoms with Gasteiger partial charge in [0.1, 0.15) is 0 Å². The van der Waals surface area contributed by atoms with E-state index in [2.05, 4.69) is 16.8 Å². The number of nitrogens with zero attached hydrogens (tertiary/aromatic N) is 2. The van der Waals surface area contributed by atoms with E-state index < -0.39 is 0 Å². The molecule has 0 radical (unpaired) electrons. The van der Waals surface area contributed by atoms with Gasteiger partial charge >= 0.3 is 0 Å². The SMILES string of the molecule is CN1CCN(CCC2(N)CCCC2)CC1. The van der Waals surface area contributed by atoms with E-state index in [9.17, 15) is 0 Å². The summed E-state index contributed by atoms with van der Waals surface area (Å²) in [5, 5.41) is 0. The van der Waals surface area contributed by atoms with Gasteiger partial charge in [-0.05, 0) is 32.9 Å². The van der Waals surface area contributed by atoms with Gasteiger partial charge in [0, 0.05) is 31.7 Å². The lowest BCUT2D eigenvalue weighted by molar-refractivity contribution is 0.143. The van der Waals surface area contributed by atoms with Crippen LogP contribution >= 0.6 is 0 Å². The molecular formula is C12H25N3. The molecule has 0 aromatic rings. The van der Waals surface area contributed by atoms with E-state index in [0.717, 1.165) is 0 Å². The van der Waals surface area contributed by atoms with Crippen LogP contribution < -0.4 is 5.73 Å². The third-order valence-corrected chi connectivity index (χ3v) is 4.12. The van der Waals surface area contributed by atoms with Gasteiger partial charge in [0.05, 0.1) is 0 Å². The minimum Gasteiger partial charge on any atom is -0.325 e. The summed E-state index contributed by atoms with van der Waals surface area (Å²) < 4.78 is 0. The molecule has 0 aromatic carbocycles. The first-order valence-corrected chi connectivity index (χ1v) is 6.38. The van der Waals surface area contributed by atoms with Gasteiger partial charge in [-0.2, -0.15) is 0 Å². The molecule has 2 rings (SSSR count). The molecule has 0 unspecified atom stereocenters. The Morgan fingerprint density at radius 3 is 2.27 bits per heavy atom. The van der Waals surface area contributed by atoms with Gasteiger partial charge < -0.3 is 15.5 Å². The number of hydrogen-bond donors (Lipinski definition) is 1. The fraction of sp³-hybridized carbons (Fsp3) is 1.00. The van der Waals surface area contributed by atoms with Crippen molar-refractivity contribution in [3.8, 4) is 0 Å². The summed E-state index contributed by atoms with van der Waals surface area (Å²) >= 11 is 0. The monoisotopic (exact) mass is 211 g/mol. The Hall–Kier alpha value is -0.120. The van der Waals surface area contributed by atoms with Crippen LogP contribution in [0, 0.1) is 0 Å². The van der Waals surface area contributed by atoms with Gasteiger partial charge in [0.2, 0.25) is 0 Å². The van der Waals surface area contributed by atoms with Crippen molar-refractivity contribution in [2.75, 3.05) is 39.8 Å². The molecule has 3 heteroatoms. The maximum absolute atomic E-state index is 6.37. The van der Waals surface area contributed by atoms with Crippen LogP contribution in [0.3, 0.4) is 0 Å². The molecule has 0 bridgehead atoms. The highest BCUT2D eigenvalue weighted by Gasteiger charge is 2.29. The van der Waals surface area contributed by atoms with E-state index in [1.165, 1.54) is 64.8 Å². The van der Waals surface area contributed by atoms with Crippen LogP contribution in [0.2, 0.25) is 0 Å². The summed E-state index contributed by atoms with van der Waals surface area (Å²) in [6.07, 6.45) is 6.40. The van der Waals surface area contributed by atoms with E-state index in [1.54, 1.807) is 0 Å². The number of likely N-dealkylation sites (N-methyl/N-ethyl adjacent to an activating group) is 1. The first-order valence-electron chi connectivity index (χ1n) is 6.38. The summed E-state index contributed by atoms with van der Waals surface area (Å²) in [5.41, 5.74) is 6.55. The summed E-state index contributed by atoms with van der Waals surface area (Å²) in [6, 6.07) is 0. The van der Waals surface area contributed by atoms with E-state index >= 15 is 0 Å². The lowest BCUT2D eigenvalue weighted by Crippen LogP contribution is -2.47. The van der Waals surface area contributed by atoms with Crippen molar-refractivity contribution in [1.29, 1.82) is 0 Å². The molecule has 2 fully saturated rings. The zero-order valence-corrected chi connectivity index (χ0v) is 10.0. The van der Waals surface area contributed by atoms with Crippen LogP contribution in [0.4, 0.5) is 0 Å². The third-order valence-electron chi connectivity index (χ3n) is 4.12. The minimum absolute atomic E-state index is 0.184. The second-order valence-electron chi connectivity index (χ2n) is 5.46. The first-order chi connectivity index (χ1) is 7.18. The summed E-state index contributed by atoms with van der Waals surface area (Å²) in [4.78, 5) is 4.98. The van der Waals surface area contributed by atoms with Crippen molar-refractivity contribution < 1.29 is 0 Å². The predicted molar refractivity (Wildman–Crippen MR) is 63.9 cm³/mol.